The van der Waals surface area contributed by atoms with Crippen molar-refractivity contribution < 1.29 is 14.3 Å². The Bertz CT molecular complexity index is 1090. The summed E-state index contributed by atoms with van der Waals surface area (Å²) >= 11 is 1.55. The molecule has 0 atom stereocenters. The van der Waals surface area contributed by atoms with Crippen molar-refractivity contribution in [1.82, 2.24) is 10.2 Å². The number of aromatic amines is 1. The number of anilines is 1. The van der Waals surface area contributed by atoms with Crippen molar-refractivity contribution in [2.24, 2.45) is 0 Å². The van der Waals surface area contributed by atoms with Crippen LogP contribution in [0.15, 0.2) is 78.2 Å². The van der Waals surface area contributed by atoms with Gasteiger partial charge in [-0.1, -0.05) is 24.3 Å². The van der Waals surface area contributed by atoms with E-state index in [1.807, 2.05) is 23.6 Å². The van der Waals surface area contributed by atoms with Crippen LogP contribution in [0.5, 0.6) is 5.75 Å². The number of hydrogen-bond donors (Lipinski definition) is 2. The number of thiophene rings is 1. The van der Waals surface area contributed by atoms with Gasteiger partial charge >= 0.3 is 5.97 Å². The average molecular weight is 389 g/mol. The zero-order valence-electron chi connectivity index (χ0n) is 14.6. The highest BCUT2D eigenvalue weighted by Gasteiger charge is 2.14. The third-order valence-corrected chi connectivity index (χ3v) is 4.84. The normalized spacial score (nSPS) is 10.4. The summed E-state index contributed by atoms with van der Waals surface area (Å²) in [6.45, 7) is 0. The van der Waals surface area contributed by atoms with E-state index in [-0.39, 0.29) is 11.6 Å². The van der Waals surface area contributed by atoms with Crippen LogP contribution in [-0.4, -0.2) is 22.1 Å². The Labute approximate surface area is 164 Å². The summed E-state index contributed by atoms with van der Waals surface area (Å²) in [6, 6.07) is 21.0. The van der Waals surface area contributed by atoms with Gasteiger partial charge in [0.2, 0.25) is 0 Å². The first kappa shape index (κ1) is 17.7. The second-order valence-corrected chi connectivity index (χ2v) is 6.83. The highest BCUT2D eigenvalue weighted by molar-refractivity contribution is 7.13. The quantitative estimate of drug-likeness (QED) is 0.386. The van der Waals surface area contributed by atoms with Gasteiger partial charge in [-0.25, -0.2) is 4.79 Å². The average Bonchev–Trinajstić information content (AvgIpc) is 3.42. The van der Waals surface area contributed by atoms with E-state index < -0.39 is 5.97 Å². The molecule has 0 aliphatic rings. The number of carbonyl (C=O) groups is 2. The molecule has 0 fully saturated rings. The fraction of sp³-hybridized carbons (Fsp3) is 0. The Morgan fingerprint density at radius 1 is 0.964 bits per heavy atom. The van der Waals surface area contributed by atoms with Crippen LogP contribution in [0, 0.1) is 0 Å². The Hall–Kier alpha value is -3.71. The SMILES string of the molecule is O=C(Nc1ccc(OC(=O)c2cc(-c3cccs3)[nH]n2)cc1)c1ccccc1. The van der Waals surface area contributed by atoms with Crippen LogP contribution in [0.4, 0.5) is 5.69 Å². The monoisotopic (exact) mass is 389 g/mol. The fourth-order valence-corrected chi connectivity index (χ4v) is 3.24. The Morgan fingerprint density at radius 2 is 1.75 bits per heavy atom. The molecule has 7 heteroatoms. The summed E-state index contributed by atoms with van der Waals surface area (Å²) in [5, 5.41) is 11.6. The van der Waals surface area contributed by atoms with Crippen LogP contribution in [0.3, 0.4) is 0 Å². The largest absolute Gasteiger partial charge is 0.422 e. The van der Waals surface area contributed by atoms with Crippen molar-refractivity contribution in [1.29, 1.82) is 0 Å². The zero-order valence-corrected chi connectivity index (χ0v) is 15.4. The molecule has 0 bridgehead atoms. The number of benzene rings is 2. The molecule has 0 unspecified atom stereocenters. The van der Waals surface area contributed by atoms with E-state index in [1.165, 1.54) is 0 Å². The zero-order chi connectivity index (χ0) is 19.3. The number of ether oxygens (including phenoxy) is 1. The number of nitrogens with zero attached hydrogens (tertiary/aromatic N) is 1. The van der Waals surface area contributed by atoms with Crippen molar-refractivity contribution in [3.05, 3.63) is 89.4 Å². The van der Waals surface area contributed by atoms with E-state index in [2.05, 4.69) is 15.5 Å². The maximum absolute atomic E-state index is 12.3. The maximum Gasteiger partial charge on any atom is 0.364 e. The Morgan fingerprint density at radius 3 is 2.46 bits per heavy atom. The van der Waals surface area contributed by atoms with Gasteiger partial charge < -0.3 is 10.1 Å². The predicted octanol–water partition coefficient (Wildman–Crippen LogP) is 4.61. The molecule has 0 saturated heterocycles. The van der Waals surface area contributed by atoms with E-state index in [4.69, 9.17) is 4.74 Å². The lowest BCUT2D eigenvalue weighted by Gasteiger charge is -2.07. The summed E-state index contributed by atoms with van der Waals surface area (Å²) in [5.41, 5.74) is 2.14. The first-order chi connectivity index (χ1) is 13.7. The van der Waals surface area contributed by atoms with Crippen LogP contribution in [0.1, 0.15) is 20.8 Å². The highest BCUT2D eigenvalue weighted by Crippen LogP contribution is 2.24. The molecule has 4 rings (SSSR count). The van der Waals surface area contributed by atoms with Crippen LogP contribution in [0.2, 0.25) is 0 Å². The molecule has 4 aromatic rings. The maximum atomic E-state index is 12.3. The van der Waals surface area contributed by atoms with Gasteiger partial charge in [0, 0.05) is 11.3 Å². The fourth-order valence-electron chi connectivity index (χ4n) is 2.54. The van der Waals surface area contributed by atoms with Gasteiger partial charge in [-0.3, -0.25) is 9.89 Å². The van der Waals surface area contributed by atoms with E-state index in [0.717, 1.165) is 10.6 Å². The second-order valence-electron chi connectivity index (χ2n) is 5.88. The summed E-state index contributed by atoms with van der Waals surface area (Å²) < 4.78 is 5.34. The van der Waals surface area contributed by atoms with Gasteiger partial charge in [0.25, 0.3) is 5.91 Å². The molecule has 28 heavy (non-hydrogen) atoms. The van der Waals surface area contributed by atoms with E-state index in [1.54, 1.807) is 65.9 Å². The first-order valence-corrected chi connectivity index (χ1v) is 9.35. The molecule has 0 saturated carbocycles. The van der Waals surface area contributed by atoms with Crippen molar-refractivity contribution >= 4 is 28.9 Å². The Kier molecular flexibility index (Phi) is 4.99. The topological polar surface area (TPSA) is 84.1 Å². The van der Waals surface area contributed by atoms with Crippen molar-refractivity contribution in [3.63, 3.8) is 0 Å². The minimum absolute atomic E-state index is 0.199. The van der Waals surface area contributed by atoms with Crippen molar-refractivity contribution in [2.75, 3.05) is 5.32 Å². The van der Waals surface area contributed by atoms with Crippen molar-refractivity contribution in [2.45, 2.75) is 0 Å². The summed E-state index contributed by atoms with van der Waals surface area (Å²) in [5.74, 6) is -0.397. The van der Waals surface area contributed by atoms with Gasteiger partial charge in [0.05, 0.1) is 10.6 Å². The van der Waals surface area contributed by atoms with Gasteiger partial charge in [0.1, 0.15) is 5.75 Å². The molecule has 0 radical (unpaired) electrons. The second kappa shape index (κ2) is 7.89. The number of rotatable bonds is 5. The minimum atomic E-state index is -0.555. The van der Waals surface area contributed by atoms with E-state index >= 15 is 0 Å². The molecule has 2 aromatic carbocycles. The van der Waals surface area contributed by atoms with Gasteiger partial charge in [0.15, 0.2) is 5.69 Å². The first-order valence-electron chi connectivity index (χ1n) is 8.47. The van der Waals surface area contributed by atoms with Gasteiger partial charge in [-0.05, 0) is 53.9 Å². The lowest BCUT2D eigenvalue weighted by atomic mass is 10.2. The third-order valence-electron chi connectivity index (χ3n) is 3.93. The molecule has 138 valence electrons. The molecule has 2 N–H and O–H groups in total. The number of esters is 1. The molecule has 2 aromatic heterocycles. The number of H-pyrrole nitrogens is 1. The molecule has 0 spiro atoms. The number of amides is 1. The standard InChI is InChI=1S/C21H15N3O3S/c25-20(14-5-2-1-3-6-14)22-15-8-10-16(11-9-15)27-21(26)18-13-17(23-24-18)19-7-4-12-28-19/h1-13H,(H,22,25)(H,23,24). The molecule has 0 aliphatic heterocycles. The Balaban J connectivity index is 1.39. The molecule has 1 amide bonds. The van der Waals surface area contributed by atoms with Crippen LogP contribution >= 0.6 is 11.3 Å². The molecular weight excluding hydrogens is 374 g/mol. The van der Waals surface area contributed by atoms with E-state index in [0.29, 0.717) is 17.0 Å². The highest BCUT2D eigenvalue weighted by atomic mass is 32.1. The summed E-state index contributed by atoms with van der Waals surface area (Å²) in [6.07, 6.45) is 0. The van der Waals surface area contributed by atoms with E-state index in [9.17, 15) is 9.59 Å². The molecule has 0 aliphatic carbocycles. The molecular formula is C21H15N3O3S. The lowest BCUT2D eigenvalue weighted by molar-refractivity contribution is 0.0728. The predicted molar refractivity (Wildman–Crippen MR) is 108 cm³/mol. The van der Waals surface area contributed by atoms with Crippen LogP contribution in [-0.2, 0) is 0 Å². The van der Waals surface area contributed by atoms with Crippen LogP contribution in [0.25, 0.3) is 10.6 Å². The lowest BCUT2D eigenvalue weighted by Crippen LogP contribution is -2.12. The minimum Gasteiger partial charge on any atom is -0.422 e. The smallest absolute Gasteiger partial charge is 0.364 e. The number of carbonyl (C=O) groups excluding carboxylic acids is 2. The summed E-state index contributed by atoms with van der Waals surface area (Å²) in [7, 11) is 0. The molecule has 6 nitrogen and oxygen atoms in total. The number of hydrogen-bond acceptors (Lipinski definition) is 5. The number of aromatic nitrogens is 2. The third kappa shape index (κ3) is 3.99. The van der Waals surface area contributed by atoms with Crippen LogP contribution < -0.4 is 10.1 Å². The molecule has 2 heterocycles. The van der Waals surface area contributed by atoms with Gasteiger partial charge in [-0.15, -0.1) is 11.3 Å². The number of nitrogens with one attached hydrogen (secondary N) is 2. The van der Waals surface area contributed by atoms with Gasteiger partial charge in [-0.2, -0.15) is 5.10 Å². The van der Waals surface area contributed by atoms with Crippen molar-refractivity contribution in [3.8, 4) is 16.3 Å². The summed E-state index contributed by atoms with van der Waals surface area (Å²) in [4.78, 5) is 25.4.